The van der Waals surface area contributed by atoms with E-state index in [0.29, 0.717) is 12.2 Å². The van der Waals surface area contributed by atoms with Crippen molar-refractivity contribution in [1.82, 2.24) is 0 Å². The second kappa shape index (κ2) is 4.14. The van der Waals surface area contributed by atoms with E-state index in [2.05, 4.69) is 44.2 Å². The van der Waals surface area contributed by atoms with Crippen LogP contribution in [0.3, 0.4) is 0 Å². The first-order valence-corrected chi connectivity index (χ1v) is 5.48. The Hall–Kier alpha value is -0.820. The minimum Gasteiger partial charge on any atom is -0.371 e. The molecule has 0 spiro atoms. The minimum absolute atomic E-state index is 0.320. The van der Waals surface area contributed by atoms with Crippen molar-refractivity contribution in [3.05, 3.63) is 35.9 Å². The summed E-state index contributed by atoms with van der Waals surface area (Å²) in [4.78, 5) is 0. The maximum absolute atomic E-state index is 5.96. The maximum Gasteiger partial charge on any atom is 0.0856 e. The average molecular weight is 190 g/mol. The fraction of sp³-hybridized carbons (Fsp3) is 0.538. The van der Waals surface area contributed by atoms with E-state index >= 15 is 0 Å². The summed E-state index contributed by atoms with van der Waals surface area (Å²) in [5.41, 5.74) is 1.34. The van der Waals surface area contributed by atoms with E-state index in [1.807, 2.05) is 0 Å². The maximum atomic E-state index is 5.96. The van der Waals surface area contributed by atoms with Crippen LogP contribution in [0.1, 0.15) is 38.4 Å². The Morgan fingerprint density at radius 2 is 1.79 bits per heavy atom. The molecular formula is C13H18O. The lowest BCUT2D eigenvalue weighted by atomic mass is 10.1. The van der Waals surface area contributed by atoms with E-state index in [4.69, 9.17) is 4.74 Å². The molecular weight excluding hydrogens is 172 g/mol. The number of ether oxygens (including phenoxy) is 1. The second-order valence-corrected chi connectivity index (χ2v) is 4.35. The lowest BCUT2D eigenvalue weighted by molar-refractivity contribution is -0.00654. The average Bonchev–Trinajstić information content (AvgIpc) is 2.99. The standard InChI is InChI=1S/C13H18O/c1-10(2)14-13(12-8-9-12)11-6-4-3-5-7-11/h3-7,10,12-13H,8-9H2,1-2H3. The first-order chi connectivity index (χ1) is 6.77. The molecule has 0 N–H and O–H groups in total. The minimum atomic E-state index is 0.320. The van der Waals surface area contributed by atoms with Gasteiger partial charge in [0, 0.05) is 0 Å². The molecule has 2 rings (SSSR count). The van der Waals surface area contributed by atoms with E-state index < -0.39 is 0 Å². The highest BCUT2D eigenvalue weighted by molar-refractivity contribution is 5.19. The smallest absolute Gasteiger partial charge is 0.0856 e. The van der Waals surface area contributed by atoms with Gasteiger partial charge >= 0.3 is 0 Å². The summed E-state index contributed by atoms with van der Waals surface area (Å²) >= 11 is 0. The van der Waals surface area contributed by atoms with Gasteiger partial charge in [-0.05, 0) is 38.2 Å². The van der Waals surface area contributed by atoms with Crippen molar-refractivity contribution in [2.75, 3.05) is 0 Å². The Balaban J connectivity index is 2.10. The molecule has 1 aromatic carbocycles. The molecule has 0 amide bonds. The second-order valence-electron chi connectivity index (χ2n) is 4.35. The van der Waals surface area contributed by atoms with Crippen molar-refractivity contribution in [3.8, 4) is 0 Å². The molecule has 1 saturated carbocycles. The highest BCUT2D eigenvalue weighted by Gasteiger charge is 2.33. The molecule has 0 radical (unpaired) electrons. The van der Waals surface area contributed by atoms with E-state index in [-0.39, 0.29) is 0 Å². The molecule has 1 atom stereocenters. The van der Waals surface area contributed by atoms with Gasteiger partial charge in [-0.15, -0.1) is 0 Å². The van der Waals surface area contributed by atoms with E-state index in [1.165, 1.54) is 18.4 Å². The topological polar surface area (TPSA) is 9.23 Å². The molecule has 1 aromatic rings. The van der Waals surface area contributed by atoms with Gasteiger partial charge in [0.1, 0.15) is 0 Å². The van der Waals surface area contributed by atoms with E-state index in [9.17, 15) is 0 Å². The van der Waals surface area contributed by atoms with Crippen molar-refractivity contribution in [2.24, 2.45) is 5.92 Å². The Morgan fingerprint density at radius 1 is 1.14 bits per heavy atom. The SMILES string of the molecule is CC(C)OC(c1ccccc1)C1CC1. The first-order valence-electron chi connectivity index (χ1n) is 5.48. The number of rotatable bonds is 4. The monoisotopic (exact) mass is 190 g/mol. The van der Waals surface area contributed by atoms with Crippen molar-refractivity contribution in [2.45, 2.75) is 38.9 Å². The van der Waals surface area contributed by atoms with Crippen LogP contribution in [0.4, 0.5) is 0 Å². The van der Waals surface area contributed by atoms with Gasteiger partial charge < -0.3 is 4.74 Å². The largest absolute Gasteiger partial charge is 0.371 e. The molecule has 0 aliphatic heterocycles. The number of hydrogen-bond acceptors (Lipinski definition) is 1. The normalized spacial score (nSPS) is 18.5. The predicted octanol–water partition coefficient (Wildman–Crippen LogP) is 3.56. The van der Waals surface area contributed by atoms with Gasteiger partial charge in [-0.1, -0.05) is 30.3 Å². The van der Waals surface area contributed by atoms with Crippen molar-refractivity contribution in [1.29, 1.82) is 0 Å². The predicted molar refractivity (Wildman–Crippen MR) is 58.1 cm³/mol. The highest BCUT2D eigenvalue weighted by atomic mass is 16.5. The van der Waals surface area contributed by atoms with Crippen molar-refractivity contribution in [3.63, 3.8) is 0 Å². The molecule has 1 unspecified atom stereocenters. The molecule has 1 aliphatic rings. The number of hydrogen-bond donors (Lipinski definition) is 0. The van der Waals surface area contributed by atoms with Crippen LogP contribution in [0.5, 0.6) is 0 Å². The molecule has 0 bridgehead atoms. The molecule has 76 valence electrons. The summed E-state index contributed by atoms with van der Waals surface area (Å²) in [6.07, 6.45) is 3.30. The summed E-state index contributed by atoms with van der Waals surface area (Å²) in [5, 5.41) is 0. The quantitative estimate of drug-likeness (QED) is 0.705. The Labute approximate surface area is 86.1 Å². The Bertz CT molecular complexity index is 275. The third kappa shape index (κ3) is 2.36. The van der Waals surface area contributed by atoms with Gasteiger partial charge in [-0.2, -0.15) is 0 Å². The van der Waals surface area contributed by atoms with Gasteiger partial charge in [0.15, 0.2) is 0 Å². The van der Waals surface area contributed by atoms with Gasteiger partial charge in [0.05, 0.1) is 12.2 Å². The summed E-state index contributed by atoms with van der Waals surface area (Å²) in [7, 11) is 0. The molecule has 14 heavy (non-hydrogen) atoms. The van der Waals surface area contributed by atoms with E-state index in [0.717, 1.165) is 5.92 Å². The lowest BCUT2D eigenvalue weighted by Crippen LogP contribution is -2.12. The van der Waals surface area contributed by atoms with E-state index in [1.54, 1.807) is 0 Å². The summed E-state index contributed by atoms with van der Waals surface area (Å²) in [6, 6.07) is 10.6. The van der Waals surface area contributed by atoms with Crippen LogP contribution in [-0.2, 0) is 4.74 Å². The summed E-state index contributed by atoms with van der Waals surface area (Å²) < 4.78 is 5.96. The summed E-state index contributed by atoms with van der Waals surface area (Å²) in [6.45, 7) is 4.22. The third-order valence-electron chi connectivity index (χ3n) is 2.60. The lowest BCUT2D eigenvalue weighted by Gasteiger charge is -2.20. The molecule has 1 heteroatoms. The van der Waals surface area contributed by atoms with Gasteiger partial charge in [-0.25, -0.2) is 0 Å². The van der Waals surface area contributed by atoms with Crippen LogP contribution in [0.2, 0.25) is 0 Å². The zero-order valence-corrected chi connectivity index (χ0v) is 8.94. The van der Waals surface area contributed by atoms with Crippen molar-refractivity contribution < 1.29 is 4.74 Å². The Morgan fingerprint density at radius 3 is 2.29 bits per heavy atom. The molecule has 1 aliphatic carbocycles. The van der Waals surface area contributed by atoms with Gasteiger partial charge in [0.2, 0.25) is 0 Å². The third-order valence-corrected chi connectivity index (χ3v) is 2.60. The van der Waals surface area contributed by atoms with Crippen LogP contribution >= 0.6 is 0 Å². The first kappa shape index (κ1) is 9.72. The summed E-state index contributed by atoms with van der Waals surface area (Å²) in [5.74, 6) is 0.764. The molecule has 1 nitrogen and oxygen atoms in total. The molecule has 0 aromatic heterocycles. The number of benzene rings is 1. The molecule has 0 saturated heterocycles. The van der Waals surface area contributed by atoms with Crippen molar-refractivity contribution >= 4 is 0 Å². The van der Waals surface area contributed by atoms with Gasteiger partial charge in [-0.3, -0.25) is 0 Å². The van der Waals surface area contributed by atoms with Crippen LogP contribution in [0.25, 0.3) is 0 Å². The zero-order chi connectivity index (χ0) is 9.97. The van der Waals surface area contributed by atoms with Crippen LogP contribution in [-0.4, -0.2) is 6.10 Å². The fourth-order valence-electron chi connectivity index (χ4n) is 1.80. The Kier molecular flexibility index (Phi) is 2.87. The highest BCUT2D eigenvalue weighted by Crippen LogP contribution is 2.43. The van der Waals surface area contributed by atoms with Crippen LogP contribution in [0, 0.1) is 5.92 Å². The molecule has 0 heterocycles. The fourth-order valence-corrected chi connectivity index (χ4v) is 1.80. The van der Waals surface area contributed by atoms with Crippen LogP contribution in [0.15, 0.2) is 30.3 Å². The molecule has 1 fully saturated rings. The zero-order valence-electron chi connectivity index (χ0n) is 8.94. The van der Waals surface area contributed by atoms with Gasteiger partial charge in [0.25, 0.3) is 0 Å². The van der Waals surface area contributed by atoms with Crippen LogP contribution < -0.4 is 0 Å².